The molecule has 10 aromatic rings. The second kappa shape index (κ2) is 9.57. The Bertz CT molecular complexity index is 2700. The molecule has 5 heteroatoms. The molecule has 0 atom stereocenters. The number of thiophene rings is 2. The first-order chi connectivity index (χ1) is 22.3. The van der Waals surface area contributed by atoms with Crippen LogP contribution in [-0.4, -0.2) is 14.5 Å². The zero-order valence-corrected chi connectivity index (χ0v) is 25.6. The molecule has 10 rings (SSSR count). The van der Waals surface area contributed by atoms with Crippen molar-refractivity contribution in [1.82, 2.24) is 14.5 Å². The van der Waals surface area contributed by atoms with Gasteiger partial charge >= 0.3 is 0 Å². The number of para-hydroxylation sites is 1. The highest BCUT2D eigenvalue weighted by Gasteiger charge is 2.25. The zero-order valence-electron chi connectivity index (χ0n) is 23.9. The molecule has 4 heterocycles. The van der Waals surface area contributed by atoms with Gasteiger partial charge in [-0.1, -0.05) is 115 Å². The maximum Gasteiger partial charge on any atom is 0.162 e. The Morgan fingerprint density at radius 1 is 0.467 bits per heavy atom. The lowest BCUT2D eigenvalue weighted by Gasteiger charge is -2.13. The largest absolute Gasteiger partial charge is 0.293 e. The summed E-state index contributed by atoms with van der Waals surface area (Å²) in [5.41, 5.74) is 5.31. The molecule has 3 nitrogen and oxygen atoms in total. The molecule has 0 radical (unpaired) electrons. The van der Waals surface area contributed by atoms with Crippen LogP contribution in [0, 0.1) is 0 Å². The Kier molecular flexibility index (Phi) is 5.32. The molecule has 0 unspecified atom stereocenters. The van der Waals surface area contributed by atoms with E-state index in [1.807, 2.05) is 46.9 Å². The second-order valence-electron chi connectivity index (χ2n) is 11.3. The van der Waals surface area contributed by atoms with E-state index in [4.69, 9.17) is 9.97 Å². The Morgan fingerprint density at radius 2 is 1.02 bits per heavy atom. The minimum Gasteiger partial charge on any atom is -0.293 e. The lowest BCUT2D eigenvalue weighted by Crippen LogP contribution is -2.02. The van der Waals surface area contributed by atoms with Gasteiger partial charge in [-0.25, -0.2) is 9.97 Å². The van der Waals surface area contributed by atoms with Gasteiger partial charge in [-0.15, -0.1) is 22.7 Å². The van der Waals surface area contributed by atoms with Gasteiger partial charge in [0.05, 0.1) is 26.1 Å². The number of nitrogens with zero attached hydrogens (tertiary/aromatic N) is 3. The molecule has 45 heavy (non-hydrogen) atoms. The number of fused-ring (bicyclic) bond motifs is 12. The normalized spacial score (nSPS) is 12.0. The highest BCUT2D eigenvalue weighted by atomic mass is 32.1. The second-order valence-corrected chi connectivity index (χ2v) is 13.5. The maximum atomic E-state index is 5.33. The topological polar surface area (TPSA) is 30.7 Å². The van der Waals surface area contributed by atoms with Crippen LogP contribution in [0.5, 0.6) is 0 Å². The minimum atomic E-state index is 0.714. The van der Waals surface area contributed by atoms with E-state index in [0.29, 0.717) is 5.82 Å². The lowest BCUT2D eigenvalue weighted by molar-refractivity contribution is 1.05. The van der Waals surface area contributed by atoms with Gasteiger partial charge in [0.15, 0.2) is 5.82 Å². The van der Waals surface area contributed by atoms with Gasteiger partial charge in [-0.05, 0) is 18.2 Å². The van der Waals surface area contributed by atoms with Crippen LogP contribution in [0.4, 0.5) is 0 Å². The molecule has 0 spiro atoms. The van der Waals surface area contributed by atoms with Crippen LogP contribution < -0.4 is 0 Å². The van der Waals surface area contributed by atoms with Crippen LogP contribution in [0.25, 0.3) is 90.6 Å². The third-order valence-electron chi connectivity index (χ3n) is 8.80. The first kappa shape index (κ1) is 25.0. The highest BCUT2D eigenvalue weighted by molar-refractivity contribution is 7.33. The van der Waals surface area contributed by atoms with E-state index < -0.39 is 0 Å². The Morgan fingerprint density at radius 3 is 1.73 bits per heavy atom. The summed E-state index contributed by atoms with van der Waals surface area (Å²) < 4.78 is 7.71. The molecule has 4 aromatic heterocycles. The van der Waals surface area contributed by atoms with Crippen LogP contribution in [0.2, 0.25) is 0 Å². The van der Waals surface area contributed by atoms with Crippen LogP contribution in [0.15, 0.2) is 140 Å². The number of aromatic nitrogens is 3. The number of rotatable bonds is 3. The van der Waals surface area contributed by atoms with Crippen LogP contribution in [-0.2, 0) is 0 Å². The van der Waals surface area contributed by atoms with Gasteiger partial charge in [0.25, 0.3) is 0 Å². The number of hydrogen-bond acceptors (Lipinski definition) is 4. The Labute approximate surface area is 266 Å². The van der Waals surface area contributed by atoms with Gasteiger partial charge in [0.2, 0.25) is 0 Å². The lowest BCUT2D eigenvalue weighted by atomic mass is 10.0. The molecule has 0 saturated carbocycles. The van der Waals surface area contributed by atoms with E-state index in [1.165, 1.54) is 56.6 Å². The molecule has 210 valence electrons. The summed E-state index contributed by atoms with van der Waals surface area (Å²) in [7, 11) is 0. The van der Waals surface area contributed by atoms with Gasteiger partial charge < -0.3 is 0 Å². The van der Waals surface area contributed by atoms with Crippen molar-refractivity contribution < 1.29 is 0 Å². The van der Waals surface area contributed by atoms with Crippen LogP contribution in [0.1, 0.15) is 0 Å². The van der Waals surface area contributed by atoms with E-state index >= 15 is 0 Å². The van der Waals surface area contributed by atoms with Crippen LogP contribution >= 0.6 is 22.7 Å². The molecule has 6 aromatic carbocycles. The first-order valence-corrected chi connectivity index (χ1v) is 16.6. The average Bonchev–Trinajstić information content (AvgIpc) is 3.79. The minimum absolute atomic E-state index is 0.714. The van der Waals surface area contributed by atoms with Crippen molar-refractivity contribution in [1.29, 1.82) is 0 Å². The molecule has 0 N–H and O–H groups in total. The predicted molar refractivity (Wildman–Crippen MR) is 193 cm³/mol. The maximum absolute atomic E-state index is 5.33. The summed E-state index contributed by atoms with van der Waals surface area (Å²) in [4.78, 5) is 10.4. The fourth-order valence-corrected chi connectivity index (χ4v) is 9.44. The fourth-order valence-electron chi connectivity index (χ4n) is 6.88. The molecule has 0 aliphatic heterocycles. The molecule has 0 saturated heterocycles. The van der Waals surface area contributed by atoms with Crippen molar-refractivity contribution in [3.63, 3.8) is 0 Å². The van der Waals surface area contributed by atoms with E-state index in [1.54, 1.807) is 0 Å². The molecular weight excluding hydrogens is 587 g/mol. The molecule has 0 aliphatic carbocycles. The first-order valence-electron chi connectivity index (χ1n) is 15.0. The molecule has 0 bridgehead atoms. The Balaban J connectivity index is 1.46. The van der Waals surface area contributed by atoms with Crippen molar-refractivity contribution in [2.75, 3.05) is 0 Å². The highest BCUT2D eigenvalue weighted by Crippen LogP contribution is 2.52. The standard InChI is InChI=1S/C40H23N3S2/c1-3-13-24(14-4-1)29-23-33(42-40(41-29)25-15-5-2-6-16-25)43-30-20-10-7-17-26(30)34-35-27-18-8-11-21-31(27)44-38(35)39-36(37(34)43)28-19-9-12-22-32(28)45-39/h1-23H. The van der Waals surface area contributed by atoms with Crippen molar-refractivity contribution in [2.24, 2.45) is 0 Å². The van der Waals surface area contributed by atoms with Gasteiger partial charge in [-0.3, -0.25) is 4.57 Å². The van der Waals surface area contributed by atoms with Crippen molar-refractivity contribution >= 4 is 84.8 Å². The summed E-state index contributed by atoms with van der Waals surface area (Å²) >= 11 is 3.81. The van der Waals surface area contributed by atoms with Crippen molar-refractivity contribution in [3.8, 4) is 28.5 Å². The Hall–Kier alpha value is -5.36. The third kappa shape index (κ3) is 3.62. The van der Waals surface area contributed by atoms with Gasteiger partial charge in [0, 0.05) is 58.9 Å². The monoisotopic (exact) mass is 609 g/mol. The molecule has 0 amide bonds. The van der Waals surface area contributed by atoms with E-state index in [9.17, 15) is 0 Å². The van der Waals surface area contributed by atoms with E-state index in [2.05, 4.69) is 120 Å². The van der Waals surface area contributed by atoms with Crippen LogP contribution in [0.3, 0.4) is 0 Å². The van der Waals surface area contributed by atoms with E-state index in [0.717, 1.165) is 28.2 Å². The van der Waals surface area contributed by atoms with Crippen molar-refractivity contribution in [3.05, 3.63) is 140 Å². The SMILES string of the molecule is c1ccc(-c2cc(-n3c4ccccc4c4c5c6ccccc6sc5c5sc6ccccc6c5c43)nc(-c3ccccc3)n2)cc1. The third-order valence-corrected chi connectivity index (χ3v) is 11.3. The summed E-state index contributed by atoms with van der Waals surface area (Å²) in [6, 6.07) is 49.4. The van der Waals surface area contributed by atoms with Gasteiger partial charge in [-0.2, -0.15) is 0 Å². The summed E-state index contributed by atoms with van der Waals surface area (Å²) in [5.74, 6) is 1.58. The summed E-state index contributed by atoms with van der Waals surface area (Å²) in [6.45, 7) is 0. The molecular formula is C40H23N3S2. The number of benzene rings is 6. The molecule has 0 fully saturated rings. The zero-order chi connectivity index (χ0) is 29.5. The predicted octanol–water partition coefficient (Wildman–Crippen LogP) is 11.6. The average molecular weight is 610 g/mol. The fraction of sp³-hybridized carbons (Fsp3) is 0. The summed E-state index contributed by atoms with van der Waals surface area (Å²) in [5, 5.41) is 7.74. The summed E-state index contributed by atoms with van der Waals surface area (Å²) in [6.07, 6.45) is 0. The smallest absolute Gasteiger partial charge is 0.162 e. The van der Waals surface area contributed by atoms with E-state index in [-0.39, 0.29) is 0 Å². The van der Waals surface area contributed by atoms with Crippen molar-refractivity contribution in [2.45, 2.75) is 0 Å². The van der Waals surface area contributed by atoms with Gasteiger partial charge in [0.1, 0.15) is 5.82 Å². The quantitative estimate of drug-likeness (QED) is 0.199. The number of hydrogen-bond donors (Lipinski definition) is 0. The molecule has 0 aliphatic rings.